The average molecular weight is 926 g/mol. The van der Waals surface area contributed by atoms with Gasteiger partial charge < -0.3 is 9.84 Å². The highest BCUT2D eigenvalue weighted by molar-refractivity contribution is 9.13. The number of halogens is 6. The van der Waals surface area contributed by atoms with E-state index in [0.29, 0.717) is 32.8 Å². The molecule has 9 nitrogen and oxygen atoms in total. The summed E-state index contributed by atoms with van der Waals surface area (Å²) in [5.74, 6) is -7.48. The van der Waals surface area contributed by atoms with E-state index in [4.69, 9.17) is 16.3 Å². The Morgan fingerprint density at radius 3 is 2.26 bits per heavy atom. The second kappa shape index (κ2) is 14.2. The Balaban J connectivity index is 1.34. The average Bonchev–Trinajstić information content (AvgIpc) is 3.46. The molecule has 0 spiro atoms. The first-order valence-corrected chi connectivity index (χ1v) is 19.8. The molecule has 2 heterocycles. The van der Waals surface area contributed by atoms with Gasteiger partial charge in [0.25, 0.3) is 11.8 Å². The van der Waals surface area contributed by atoms with Gasteiger partial charge in [0.1, 0.15) is 5.69 Å². The van der Waals surface area contributed by atoms with E-state index in [1.54, 1.807) is 66.7 Å². The quantitative estimate of drug-likeness (QED) is 0.151. The SMILES string of the molecule is COc1cc([C@H]2C3=CC[C@@H]4C(=O)N(N(C)c5nc(C(F)(F)F)ccc5Cl)C(=O)[C@@H]4[C@@H]3C[C@H]3C(=O)C(c4ccccc4)=CC(=O)[C@@]23c2ccccc2)c(Br)c(Br)c1O. The molecule has 3 aromatic carbocycles. The van der Waals surface area contributed by atoms with Crippen molar-refractivity contribution in [1.82, 2.24) is 9.99 Å². The first kappa shape index (κ1) is 39.1. The summed E-state index contributed by atoms with van der Waals surface area (Å²) >= 11 is 13.5. The molecule has 292 valence electrons. The maximum atomic E-state index is 15.3. The normalized spacial score (nSPS) is 25.7. The van der Waals surface area contributed by atoms with Crippen molar-refractivity contribution in [3.63, 3.8) is 0 Å². The van der Waals surface area contributed by atoms with Crippen LogP contribution in [0, 0.1) is 23.7 Å². The van der Waals surface area contributed by atoms with Gasteiger partial charge in [0.2, 0.25) is 0 Å². The van der Waals surface area contributed by atoms with Crippen LogP contribution in [-0.4, -0.2) is 52.6 Å². The standard InChI is InChI=1S/C42H31Br2ClF3N3O6/c1-50(38-28(45)15-16-30(49-38)42(46,47)48)51-39(55)23-14-13-22-25(32(23)40(51)56)17-27-36(53)24(20-9-5-3-6-10-20)19-31(52)41(27,21-11-7-4-8-12-21)33(22)26-18-29(57-2)37(54)35(44)34(26)43/h3-13,15-16,18-19,23,25,27,32-33,54H,14,17H2,1-2H3/t23-,25+,27-,32-,33+,41-/m0/s1. The fraction of sp³-hybridized carbons (Fsp3) is 0.262. The molecule has 1 saturated heterocycles. The maximum absolute atomic E-state index is 15.3. The predicted molar refractivity (Wildman–Crippen MR) is 211 cm³/mol. The van der Waals surface area contributed by atoms with Crippen molar-refractivity contribution in [2.75, 3.05) is 19.2 Å². The summed E-state index contributed by atoms with van der Waals surface area (Å²) < 4.78 is 47.4. The number of Topliss-reactive ketones (excluding diaryl/α,β-unsaturated/α-hetero) is 1. The highest BCUT2D eigenvalue weighted by Crippen LogP contribution is 2.65. The summed E-state index contributed by atoms with van der Waals surface area (Å²) in [4.78, 5) is 63.3. The fourth-order valence-electron chi connectivity index (χ4n) is 9.39. The number of pyridine rings is 1. The molecule has 0 unspecified atom stereocenters. The van der Waals surface area contributed by atoms with Gasteiger partial charge in [0, 0.05) is 28.9 Å². The summed E-state index contributed by atoms with van der Waals surface area (Å²) in [6.07, 6.45) is -1.56. The smallest absolute Gasteiger partial charge is 0.433 e. The molecule has 1 saturated carbocycles. The van der Waals surface area contributed by atoms with Crippen molar-refractivity contribution in [1.29, 1.82) is 0 Å². The monoisotopic (exact) mass is 923 g/mol. The minimum atomic E-state index is -4.83. The number of hydrazine groups is 1. The summed E-state index contributed by atoms with van der Waals surface area (Å²) in [5.41, 5.74) is -0.437. The van der Waals surface area contributed by atoms with Gasteiger partial charge in [-0.2, -0.15) is 18.2 Å². The highest BCUT2D eigenvalue weighted by atomic mass is 79.9. The zero-order chi connectivity index (χ0) is 40.7. The van der Waals surface area contributed by atoms with Crippen LogP contribution in [0.25, 0.3) is 5.57 Å². The molecule has 0 radical (unpaired) electrons. The Morgan fingerprint density at radius 1 is 0.947 bits per heavy atom. The van der Waals surface area contributed by atoms with Crippen molar-refractivity contribution in [2.45, 2.75) is 30.4 Å². The van der Waals surface area contributed by atoms with Crippen molar-refractivity contribution in [2.24, 2.45) is 23.7 Å². The van der Waals surface area contributed by atoms with Gasteiger partial charge in [0.15, 0.2) is 28.9 Å². The number of amides is 2. The zero-order valence-corrected chi connectivity index (χ0v) is 34.0. The van der Waals surface area contributed by atoms with E-state index in [0.717, 1.165) is 16.1 Å². The summed E-state index contributed by atoms with van der Waals surface area (Å²) in [5, 5.41) is 12.5. The largest absolute Gasteiger partial charge is 0.503 e. The number of hydrogen-bond donors (Lipinski definition) is 1. The Hall–Kier alpha value is -4.79. The van der Waals surface area contributed by atoms with E-state index in [-0.39, 0.29) is 51.0 Å². The molecule has 0 bridgehead atoms. The number of aromatic nitrogens is 1. The van der Waals surface area contributed by atoms with Gasteiger partial charge >= 0.3 is 6.18 Å². The molecule has 2 fully saturated rings. The molecule has 1 N–H and O–H groups in total. The molecule has 1 aromatic heterocycles. The first-order chi connectivity index (χ1) is 27.1. The second-order valence-electron chi connectivity index (χ2n) is 14.4. The fourth-order valence-corrected chi connectivity index (χ4v) is 10.6. The number of ketones is 2. The third-order valence-electron chi connectivity index (χ3n) is 11.8. The summed E-state index contributed by atoms with van der Waals surface area (Å²) in [6, 6.07) is 21.1. The molecule has 2 amide bonds. The molecular weight excluding hydrogens is 895 g/mol. The topological polar surface area (TPSA) is 117 Å². The Labute approximate surface area is 346 Å². The van der Waals surface area contributed by atoms with E-state index >= 15 is 9.59 Å². The highest BCUT2D eigenvalue weighted by Gasteiger charge is 2.66. The van der Waals surface area contributed by atoms with Gasteiger partial charge in [-0.3, -0.25) is 24.2 Å². The number of methoxy groups -OCH3 is 1. The van der Waals surface area contributed by atoms with Gasteiger partial charge in [-0.05, 0) is 91.6 Å². The molecule has 3 aliphatic carbocycles. The van der Waals surface area contributed by atoms with Crippen LogP contribution in [0.4, 0.5) is 19.0 Å². The van der Waals surface area contributed by atoms with Crippen LogP contribution in [-0.2, 0) is 30.8 Å². The lowest BCUT2D eigenvalue weighted by molar-refractivity contribution is -0.141. The van der Waals surface area contributed by atoms with Crippen LogP contribution in [0.2, 0.25) is 5.02 Å². The molecule has 4 aliphatic rings. The molecule has 15 heteroatoms. The van der Waals surface area contributed by atoms with E-state index in [1.165, 1.54) is 20.2 Å². The summed E-state index contributed by atoms with van der Waals surface area (Å²) in [6.45, 7) is 0. The molecule has 1 aliphatic heterocycles. The number of nitrogens with zero attached hydrogens (tertiary/aromatic N) is 3. The van der Waals surface area contributed by atoms with E-state index in [9.17, 15) is 27.9 Å². The van der Waals surface area contributed by atoms with Crippen LogP contribution in [0.5, 0.6) is 11.5 Å². The van der Waals surface area contributed by atoms with Gasteiger partial charge in [0.05, 0.1) is 33.9 Å². The number of phenols is 1. The Morgan fingerprint density at radius 2 is 1.61 bits per heavy atom. The predicted octanol–water partition coefficient (Wildman–Crippen LogP) is 8.87. The van der Waals surface area contributed by atoms with E-state index in [1.807, 2.05) is 6.08 Å². The van der Waals surface area contributed by atoms with Crippen LogP contribution in [0.15, 0.2) is 106 Å². The van der Waals surface area contributed by atoms with E-state index < -0.39 is 64.5 Å². The summed E-state index contributed by atoms with van der Waals surface area (Å²) in [7, 11) is 2.63. The van der Waals surface area contributed by atoms with Crippen molar-refractivity contribution >= 4 is 78.2 Å². The number of ether oxygens (including phenoxy) is 1. The zero-order valence-electron chi connectivity index (χ0n) is 30.1. The number of rotatable bonds is 6. The third kappa shape index (κ3) is 5.88. The van der Waals surface area contributed by atoms with Gasteiger partial charge in [-0.1, -0.05) is 83.9 Å². The van der Waals surface area contributed by atoms with Crippen LogP contribution in [0.3, 0.4) is 0 Å². The number of fused-ring (bicyclic) bond motifs is 4. The molecule has 8 rings (SSSR count). The van der Waals surface area contributed by atoms with Crippen LogP contribution < -0.4 is 9.75 Å². The second-order valence-corrected chi connectivity index (χ2v) is 16.4. The number of aromatic hydroxyl groups is 1. The number of phenolic OH excluding ortho intramolecular Hbond substituents is 1. The molecule has 6 atom stereocenters. The lowest BCUT2D eigenvalue weighted by atomic mass is 9.44. The minimum absolute atomic E-state index is 0.0136. The number of carbonyl (C=O) groups excluding carboxylic acids is 4. The van der Waals surface area contributed by atoms with Crippen LogP contribution in [0.1, 0.15) is 41.1 Å². The maximum Gasteiger partial charge on any atom is 0.433 e. The number of imide groups is 1. The minimum Gasteiger partial charge on any atom is -0.503 e. The van der Waals surface area contributed by atoms with E-state index in [2.05, 4.69) is 36.8 Å². The number of alkyl halides is 3. The third-order valence-corrected chi connectivity index (χ3v) is 14.2. The van der Waals surface area contributed by atoms with Crippen molar-refractivity contribution in [3.8, 4) is 11.5 Å². The number of allylic oxidation sites excluding steroid dienone is 4. The first-order valence-electron chi connectivity index (χ1n) is 17.8. The number of hydrogen-bond acceptors (Lipinski definition) is 8. The lowest BCUT2D eigenvalue weighted by Gasteiger charge is -2.55. The van der Waals surface area contributed by atoms with Crippen molar-refractivity contribution < 1.29 is 42.2 Å². The number of anilines is 1. The lowest BCUT2D eigenvalue weighted by Crippen LogP contribution is -2.59. The Bertz CT molecular complexity index is 2450. The van der Waals surface area contributed by atoms with Crippen molar-refractivity contribution in [3.05, 3.63) is 133 Å². The van der Waals surface area contributed by atoms with Gasteiger partial charge in [-0.15, -0.1) is 0 Å². The Kier molecular flexibility index (Phi) is 9.76. The number of carbonyl (C=O) groups is 4. The molecular formula is C42H31Br2ClF3N3O6. The number of benzene rings is 3. The molecule has 4 aromatic rings. The van der Waals surface area contributed by atoms with Crippen LogP contribution >= 0.6 is 43.5 Å². The van der Waals surface area contributed by atoms with Gasteiger partial charge in [-0.25, -0.2) is 4.98 Å². The molecule has 57 heavy (non-hydrogen) atoms.